The monoisotopic (exact) mass is 452 g/mol. The Labute approximate surface area is 192 Å². The van der Waals surface area contributed by atoms with Crippen LogP contribution in [0.25, 0.3) is 0 Å². The molecule has 2 aliphatic heterocycles. The summed E-state index contributed by atoms with van der Waals surface area (Å²) in [4.78, 5) is 40.8. The van der Waals surface area contributed by atoms with E-state index in [-0.39, 0.29) is 24.3 Å². The van der Waals surface area contributed by atoms with Gasteiger partial charge in [0, 0.05) is 48.7 Å². The number of rotatable bonds is 6. The third-order valence-corrected chi connectivity index (χ3v) is 5.60. The summed E-state index contributed by atoms with van der Waals surface area (Å²) in [6, 6.07) is 13.9. The molecule has 0 aliphatic carbocycles. The second-order valence-electron chi connectivity index (χ2n) is 7.87. The number of hydrogen-bond donors (Lipinski definition) is 2. The van der Waals surface area contributed by atoms with Crippen LogP contribution in [0.3, 0.4) is 0 Å². The zero-order valence-corrected chi connectivity index (χ0v) is 18.4. The lowest BCUT2D eigenvalue weighted by Gasteiger charge is -2.26. The first kappa shape index (κ1) is 22.8. The Bertz CT molecular complexity index is 965. The maximum Gasteiger partial charge on any atom is 0.254 e. The summed E-state index contributed by atoms with van der Waals surface area (Å²) in [6.07, 6.45) is 0. The van der Waals surface area contributed by atoms with Crippen LogP contribution in [-0.2, 0) is 14.3 Å². The summed E-state index contributed by atoms with van der Waals surface area (Å²) in [7, 11) is 0. The Balaban J connectivity index is 1.24. The normalized spacial score (nSPS) is 16.2. The van der Waals surface area contributed by atoms with Crippen molar-refractivity contribution < 1.29 is 23.9 Å². The first-order valence-electron chi connectivity index (χ1n) is 11.1. The topological polar surface area (TPSA) is 100 Å². The van der Waals surface area contributed by atoms with Gasteiger partial charge in [0.25, 0.3) is 11.8 Å². The molecule has 2 aromatic rings. The molecule has 0 aromatic heterocycles. The van der Waals surface area contributed by atoms with Crippen molar-refractivity contribution in [2.45, 2.75) is 0 Å². The summed E-state index contributed by atoms with van der Waals surface area (Å²) >= 11 is 0. The third kappa shape index (κ3) is 6.09. The van der Waals surface area contributed by atoms with E-state index in [1.54, 1.807) is 58.3 Å². The van der Waals surface area contributed by atoms with Crippen LogP contribution in [0.15, 0.2) is 48.5 Å². The van der Waals surface area contributed by atoms with E-state index in [4.69, 9.17) is 9.47 Å². The van der Waals surface area contributed by atoms with Gasteiger partial charge >= 0.3 is 0 Å². The smallest absolute Gasteiger partial charge is 0.254 e. The Kier molecular flexibility index (Phi) is 7.54. The molecule has 0 bridgehead atoms. The molecule has 2 aliphatic rings. The van der Waals surface area contributed by atoms with E-state index in [1.807, 2.05) is 0 Å². The maximum absolute atomic E-state index is 12.5. The summed E-state index contributed by atoms with van der Waals surface area (Å²) in [5.74, 6) is -0.262. The molecule has 2 N–H and O–H groups in total. The van der Waals surface area contributed by atoms with Crippen LogP contribution in [-0.4, -0.2) is 86.7 Å². The van der Waals surface area contributed by atoms with Crippen LogP contribution >= 0.6 is 0 Å². The highest BCUT2D eigenvalue weighted by molar-refractivity contribution is 5.97. The van der Waals surface area contributed by atoms with Crippen LogP contribution in [0, 0.1) is 0 Å². The highest BCUT2D eigenvalue weighted by Crippen LogP contribution is 2.14. The van der Waals surface area contributed by atoms with Crippen molar-refractivity contribution in [1.29, 1.82) is 0 Å². The molecule has 0 saturated carbocycles. The Morgan fingerprint density at radius 2 is 1.09 bits per heavy atom. The average molecular weight is 453 g/mol. The molecule has 0 radical (unpaired) electrons. The van der Waals surface area contributed by atoms with Gasteiger partial charge in [0.1, 0.15) is 0 Å². The van der Waals surface area contributed by atoms with Crippen LogP contribution in [0.5, 0.6) is 0 Å². The van der Waals surface area contributed by atoms with Crippen molar-refractivity contribution >= 4 is 29.1 Å². The lowest BCUT2D eigenvalue weighted by Crippen LogP contribution is -2.40. The van der Waals surface area contributed by atoms with E-state index in [0.717, 1.165) is 5.69 Å². The molecule has 0 atom stereocenters. The summed E-state index contributed by atoms with van der Waals surface area (Å²) in [5, 5.41) is 5.86. The van der Waals surface area contributed by atoms with Crippen LogP contribution in [0.4, 0.5) is 11.4 Å². The molecule has 0 spiro atoms. The number of nitrogens with one attached hydrogen (secondary N) is 2. The average Bonchev–Trinajstić information content (AvgIpc) is 2.88. The second kappa shape index (κ2) is 10.9. The molecular formula is C24H28N4O5. The van der Waals surface area contributed by atoms with Gasteiger partial charge < -0.3 is 29.9 Å². The molecule has 0 unspecified atom stereocenters. The predicted octanol–water partition coefficient (Wildman–Crippen LogP) is 1.68. The highest BCUT2D eigenvalue weighted by atomic mass is 16.5. The number of anilines is 2. The largest absolute Gasteiger partial charge is 0.378 e. The van der Waals surface area contributed by atoms with Gasteiger partial charge in [-0.25, -0.2) is 0 Å². The fraction of sp³-hybridized carbons (Fsp3) is 0.375. The van der Waals surface area contributed by atoms with Gasteiger partial charge in [-0.2, -0.15) is 0 Å². The standard InChI is InChI=1S/C24H28N4O5/c29-22(26-21-7-3-19(4-8-21)24(31)28-11-15-33-16-12-28)17-25-20-5-1-18(2-6-20)23(30)27-9-13-32-14-10-27/h1-8,25H,9-17H2,(H,26,29). The van der Waals surface area contributed by atoms with Gasteiger partial charge in [0.05, 0.1) is 33.0 Å². The van der Waals surface area contributed by atoms with E-state index in [1.165, 1.54) is 0 Å². The number of ether oxygens (including phenoxy) is 2. The van der Waals surface area contributed by atoms with Gasteiger partial charge in [0.15, 0.2) is 0 Å². The molecule has 3 amide bonds. The van der Waals surface area contributed by atoms with Gasteiger partial charge in [-0.3, -0.25) is 14.4 Å². The number of carbonyl (C=O) groups is 3. The first-order valence-corrected chi connectivity index (χ1v) is 11.1. The van der Waals surface area contributed by atoms with Crippen LogP contribution in [0.2, 0.25) is 0 Å². The molecule has 2 saturated heterocycles. The van der Waals surface area contributed by atoms with Gasteiger partial charge in [-0.1, -0.05) is 0 Å². The summed E-state index contributed by atoms with van der Waals surface area (Å²) in [5.41, 5.74) is 2.56. The van der Waals surface area contributed by atoms with Crippen molar-refractivity contribution in [3.8, 4) is 0 Å². The van der Waals surface area contributed by atoms with Crippen molar-refractivity contribution in [2.24, 2.45) is 0 Å². The number of carbonyl (C=O) groups excluding carboxylic acids is 3. The SMILES string of the molecule is O=C(CNc1ccc(C(=O)N2CCOCC2)cc1)Nc1ccc(C(=O)N2CCOCC2)cc1. The zero-order chi connectivity index (χ0) is 23.0. The summed E-state index contributed by atoms with van der Waals surface area (Å²) < 4.78 is 10.6. The van der Waals surface area contributed by atoms with E-state index < -0.39 is 0 Å². The quantitative estimate of drug-likeness (QED) is 0.692. The number of morpholine rings is 2. The maximum atomic E-state index is 12.5. The summed E-state index contributed by atoms with van der Waals surface area (Å²) in [6.45, 7) is 4.69. The molecule has 174 valence electrons. The molecule has 4 rings (SSSR count). The van der Waals surface area contributed by atoms with E-state index in [2.05, 4.69) is 10.6 Å². The van der Waals surface area contributed by atoms with Crippen LogP contribution in [0.1, 0.15) is 20.7 Å². The number of nitrogens with zero attached hydrogens (tertiary/aromatic N) is 2. The van der Waals surface area contributed by atoms with Crippen molar-refractivity contribution in [3.05, 3.63) is 59.7 Å². The fourth-order valence-electron chi connectivity index (χ4n) is 3.71. The van der Waals surface area contributed by atoms with Gasteiger partial charge in [-0.05, 0) is 48.5 Å². The van der Waals surface area contributed by atoms with Crippen molar-refractivity contribution in [1.82, 2.24) is 9.80 Å². The Morgan fingerprint density at radius 1 is 0.667 bits per heavy atom. The first-order chi connectivity index (χ1) is 16.1. The van der Waals surface area contributed by atoms with Crippen molar-refractivity contribution in [2.75, 3.05) is 69.8 Å². The third-order valence-electron chi connectivity index (χ3n) is 5.60. The molecule has 2 heterocycles. The van der Waals surface area contributed by atoms with Gasteiger partial charge in [-0.15, -0.1) is 0 Å². The lowest BCUT2D eigenvalue weighted by molar-refractivity contribution is -0.114. The molecule has 9 nitrogen and oxygen atoms in total. The fourth-order valence-corrected chi connectivity index (χ4v) is 3.71. The molecule has 2 aromatic carbocycles. The second-order valence-corrected chi connectivity index (χ2v) is 7.87. The van der Waals surface area contributed by atoms with E-state index in [0.29, 0.717) is 69.4 Å². The number of hydrogen-bond acceptors (Lipinski definition) is 6. The molecule has 2 fully saturated rings. The minimum absolute atomic E-state index is 0.0156. The minimum Gasteiger partial charge on any atom is -0.378 e. The van der Waals surface area contributed by atoms with Gasteiger partial charge in [0.2, 0.25) is 5.91 Å². The predicted molar refractivity (Wildman–Crippen MR) is 123 cm³/mol. The van der Waals surface area contributed by atoms with Crippen LogP contribution < -0.4 is 10.6 Å². The molecule has 9 heteroatoms. The number of benzene rings is 2. The van der Waals surface area contributed by atoms with E-state index in [9.17, 15) is 14.4 Å². The minimum atomic E-state index is -0.212. The molecule has 33 heavy (non-hydrogen) atoms. The number of amides is 3. The Morgan fingerprint density at radius 3 is 1.55 bits per heavy atom. The van der Waals surface area contributed by atoms with E-state index >= 15 is 0 Å². The zero-order valence-electron chi connectivity index (χ0n) is 18.4. The highest BCUT2D eigenvalue weighted by Gasteiger charge is 2.19. The lowest BCUT2D eigenvalue weighted by atomic mass is 10.1. The molecular weight excluding hydrogens is 424 g/mol. The Hall–Kier alpha value is -3.43. The van der Waals surface area contributed by atoms with Crippen molar-refractivity contribution in [3.63, 3.8) is 0 Å².